The molecule has 2 heterocycles. The summed E-state index contributed by atoms with van der Waals surface area (Å²) in [6, 6.07) is 11.6. The molecule has 0 saturated heterocycles. The van der Waals surface area contributed by atoms with E-state index in [0.29, 0.717) is 6.42 Å². The lowest BCUT2D eigenvalue weighted by Gasteiger charge is -2.10. The molecule has 0 aliphatic rings. The Morgan fingerprint density at radius 2 is 1.94 bits per heavy atom. The summed E-state index contributed by atoms with van der Waals surface area (Å²) in [6.45, 7) is 0. The van der Waals surface area contributed by atoms with E-state index in [1.54, 1.807) is 17.7 Å². The predicted molar refractivity (Wildman–Crippen MR) is 72.5 cm³/mol. The van der Waals surface area contributed by atoms with E-state index in [1.807, 2.05) is 41.8 Å². The second-order valence-corrected chi connectivity index (χ2v) is 5.00. The lowest BCUT2D eigenvalue weighted by atomic mass is 10.0. The van der Waals surface area contributed by atoms with Crippen molar-refractivity contribution in [1.29, 1.82) is 0 Å². The van der Waals surface area contributed by atoms with Crippen molar-refractivity contribution in [2.45, 2.75) is 12.5 Å². The first-order chi connectivity index (χ1) is 8.84. The van der Waals surface area contributed by atoms with Crippen LogP contribution in [0.15, 0.2) is 48.1 Å². The van der Waals surface area contributed by atoms with E-state index in [2.05, 4.69) is 9.97 Å². The van der Waals surface area contributed by atoms with Crippen LogP contribution in [-0.2, 0) is 6.42 Å². The summed E-state index contributed by atoms with van der Waals surface area (Å²) in [4.78, 5) is 8.48. The van der Waals surface area contributed by atoms with Gasteiger partial charge in [-0.1, -0.05) is 30.3 Å². The number of nitrogens with zero attached hydrogens (tertiary/aromatic N) is 2. The van der Waals surface area contributed by atoms with Crippen LogP contribution >= 0.6 is 11.3 Å². The minimum Gasteiger partial charge on any atom is -0.388 e. The Morgan fingerprint density at radius 1 is 1.11 bits per heavy atom. The quantitative estimate of drug-likeness (QED) is 0.783. The number of aliphatic hydroxyl groups is 1. The Balaban J connectivity index is 1.91. The molecule has 1 N–H and O–H groups in total. The van der Waals surface area contributed by atoms with Crippen LogP contribution in [-0.4, -0.2) is 15.1 Å². The molecule has 1 atom stereocenters. The molecule has 2 aromatic heterocycles. The Kier molecular flexibility index (Phi) is 3.04. The molecule has 0 bridgehead atoms. The van der Waals surface area contributed by atoms with Gasteiger partial charge >= 0.3 is 0 Å². The summed E-state index contributed by atoms with van der Waals surface area (Å²) in [6.07, 6.45) is 1.55. The van der Waals surface area contributed by atoms with E-state index >= 15 is 0 Å². The van der Waals surface area contributed by atoms with Gasteiger partial charge in [-0.05, 0) is 17.0 Å². The average Bonchev–Trinajstić information content (AvgIpc) is 2.89. The van der Waals surface area contributed by atoms with Gasteiger partial charge in [0.05, 0.1) is 22.0 Å². The van der Waals surface area contributed by atoms with Crippen LogP contribution in [0.2, 0.25) is 0 Å². The zero-order chi connectivity index (χ0) is 12.4. The van der Waals surface area contributed by atoms with E-state index in [0.717, 1.165) is 21.5 Å². The molecule has 0 spiro atoms. The number of hydrogen-bond acceptors (Lipinski definition) is 4. The van der Waals surface area contributed by atoms with Gasteiger partial charge in [-0.3, -0.25) is 0 Å². The number of aromatic nitrogens is 2. The zero-order valence-electron chi connectivity index (χ0n) is 9.65. The van der Waals surface area contributed by atoms with Crippen molar-refractivity contribution < 1.29 is 5.11 Å². The summed E-state index contributed by atoms with van der Waals surface area (Å²) < 4.78 is 1.06. The van der Waals surface area contributed by atoms with Gasteiger partial charge < -0.3 is 5.11 Å². The molecule has 0 amide bonds. The van der Waals surface area contributed by atoms with Crippen molar-refractivity contribution in [3.05, 3.63) is 59.4 Å². The van der Waals surface area contributed by atoms with Crippen LogP contribution in [0.1, 0.15) is 17.4 Å². The normalized spacial score (nSPS) is 12.7. The first-order valence-electron chi connectivity index (χ1n) is 5.74. The third kappa shape index (κ3) is 2.12. The summed E-state index contributed by atoms with van der Waals surface area (Å²) in [5.41, 5.74) is 2.78. The highest BCUT2D eigenvalue weighted by molar-refractivity contribution is 7.17. The average molecular weight is 256 g/mol. The third-order valence-electron chi connectivity index (χ3n) is 2.89. The maximum Gasteiger partial charge on any atom is 0.116 e. The SMILES string of the molecule is OC(Cc1ncnc2ccsc12)c1ccccc1. The maximum atomic E-state index is 10.2. The van der Waals surface area contributed by atoms with E-state index in [-0.39, 0.29) is 0 Å². The van der Waals surface area contributed by atoms with Crippen molar-refractivity contribution in [2.24, 2.45) is 0 Å². The van der Waals surface area contributed by atoms with E-state index in [4.69, 9.17) is 0 Å². The summed E-state index contributed by atoms with van der Waals surface area (Å²) in [5.74, 6) is 0. The predicted octanol–water partition coefficient (Wildman–Crippen LogP) is 2.97. The molecule has 3 aromatic rings. The zero-order valence-corrected chi connectivity index (χ0v) is 10.5. The molecule has 3 rings (SSSR count). The molecule has 0 saturated carbocycles. The van der Waals surface area contributed by atoms with Gasteiger partial charge in [-0.15, -0.1) is 11.3 Å². The van der Waals surface area contributed by atoms with Gasteiger partial charge in [-0.25, -0.2) is 9.97 Å². The van der Waals surface area contributed by atoms with E-state index in [1.165, 1.54) is 0 Å². The Morgan fingerprint density at radius 3 is 2.78 bits per heavy atom. The van der Waals surface area contributed by atoms with Crippen LogP contribution < -0.4 is 0 Å². The topological polar surface area (TPSA) is 46.0 Å². The Bertz CT molecular complexity index is 651. The fraction of sp³-hybridized carbons (Fsp3) is 0.143. The monoisotopic (exact) mass is 256 g/mol. The highest BCUT2D eigenvalue weighted by Gasteiger charge is 2.12. The van der Waals surface area contributed by atoms with Gasteiger partial charge in [0, 0.05) is 6.42 Å². The first-order valence-corrected chi connectivity index (χ1v) is 6.62. The molecule has 1 unspecified atom stereocenters. The minimum atomic E-state index is -0.522. The minimum absolute atomic E-state index is 0.517. The molecular weight excluding hydrogens is 244 g/mol. The molecule has 90 valence electrons. The first kappa shape index (κ1) is 11.3. The lowest BCUT2D eigenvalue weighted by Crippen LogP contribution is -2.03. The molecule has 3 nitrogen and oxygen atoms in total. The molecule has 0 fully saturated rings. The van der Waals surface area contributed by atoms with Crippen molar-refractivity contribution >= 4 is 21.6 Å². The number of rotatable bonds is 3. The number of hydrogen-bond donors (Lipinski definition) is 1. The molecule has 18 heavy (non-hydrogen) atoms. The molecule has 4 heteroatoms. The summed E-state index contributed by atoms with van der Waals surface area (Å²) in [7, 11) is 0. The largest absolute Gasteiger partial charge is 0.388 e. The standard InChI is InChI=1S/C14H12N2OS/c17-13(10-4-2-1-3-5-10)8-12-14-11(6-7-18-14)15-9-16-12/h1-7,9,13,17H,8H2. The third-order valence-corrected chi connectivity index (χ3v) is 3.84. The number of fused-ring (bicyclic) bond motifs is 1. The molecule has 0 aliphatic carbocycles. The van der Waals surface area contributed by atoms with E-state index < -0.39 is 6.10 Å². The summed E-state index contributed by atoms with van der Waals surface area (Å²) >= 11 is 1.62. The molecule has 0 aliphatic heterocycles. The van der Waals surface area contributed by atoms with E-state index in [9.17, 15) is 5.11 Å². The van der Waals surface area contributed by atoms with Gasteiger partial charge in [0.2, 0.25) is 0 Å². The highest BCUT2D eigenvalue weighted by Crippen LogP contribution is 2.25. The second-order valence-electron chi connectivity index (χ2n) is 4.09. The van der Waals surface area contributed by atoms with Crippen LogP contribution in [0.25, 0.3) is 10.2 Å². The smallest absolute Gasteiger partial charge is 0.116 e. The fourth-order valence-electron chi connectivity index (χ4n) is 1.96. The number of aliphatic hydroxyl groups excluding tert-OH is 1. The van der Waals surface area contributed by atoms with Gasteiger partial charge in [0.1, 0.15) is 6.33 Å². The van der Waals surface area contributed by atoms with Crippen LogP contribution in [0, 0.1) is 0 Å². The second kappa shape index (κ2) is 4.84. The van der Waals surface area contributed by atoms with Crippen molar-refractivity contribution in [3.63, 3.8) is 0 Å². The Labute approximate surface area is 109 Å². The van der Waals surface area contributed by atoms with Crippen molar-refractivity contribution in [3.8, 4) is 0 Å². The number of thiophene rings is 1. The van der Waals surface area contributed by atoms with Crippen LogP contribution in [0.4, 0.5) is 0 Å². The number of benzene rings is 1. The molecule has 0 radical (unpaired) electrons. The van der Waals surface area contributed by atoms with Crippen molar-refractivity contribution in [1.82, 2.24) is 9.97 Å². The van der Waals surface area contributed by atoms with Crippen LogP contribution in [0.5, 0.6) is 0 Å². The fourth-order valence-corrected chi connectivity index (χ4v) is 2.81. The molecule has 1 aromatic carbocycles. The Hall–Kier alpha value is -1.78. The van der Waals surface area contributed by atoms with Crippen LogP contribution in [0.3, 0.4) is 0 Å². The molecular formula is C14H12N2OS. The van der Waals surface area contributed by atoms with Gasteiger partial charge in [0.15, 0.2) is 0 Å². The maximum absolute atomic E-state index is 10.2. The highest BCUT2D eigenvalue weighted by atomic mass is 32.1. The van der Waals surface area contributed by atoms with Crippen molar-refractivity contribution in [2.75, 3.05) is 0 Å². The van der Waals surface area contributed by atoms with Gasteiger partial charge in [-0.2, -0.15) is 0 Å². The summed E-state index contributed by atoms with van der Waals surface area (Å²) in [5, 5.41) is 12.2. The lowest BCUT2D eigenvalue weighted by molar-refractivity contribution is 0.177. The van der Waals surface area contributed by atoms with Gasteiger partial charge in [0.25, 0.3) is 0 Å².